The molecule has 2 saturated carbocycles. The second-order valence-electron chi connectivity index (χ2n) is 7.02. The van der Waals surface area contributed by atoms with Gasteiger partial charge in [0.05, 0.1) is 0 Å². The van der Waals surface area contributed by atoms with Gasteiger partial charge in [-0.15, -0.1) is 0 Å². The Morgan fingerprint density at radius 3 is 2.85 bits per heavy atom. The summed E-state index contributed by atoms with van der Waals surface area (Å²) in [5.41, 5.74) is 3.90. The number of hydrogen-bond acceptors (Lipinski definition) is 1. The minimum atomic E-state index is 0.223. The second-order valence-corrected chi connectivity index (χ2v) is 7.02. The zero-order valence-electron chi connectivity index (χ0n) is 12.0. The molecular formula is C18H23NO. The van der Waals surface area contributed by atoms with Crippen molar-refractivity contribution in [1.29, 1.82) is 0 Å². The van der Waals surface area contributed by atoms with Crippen LogP contribution in [0.2, 0.25) is 0 Å². The SMILES string of the molecule is O=C(C[C@@H]1C[C@H]2CC[C@@H]1C2)Nc1ccc2c(c1)CCC2. The number of rotatable bonds is 3. The molecular weight excluding hydrogens is 246 g/mol. The van der Waals surface area contributed by atoms with Crippen LogP contribution in [0.15, 0.2) is 18.2 Å². The van der Waals surface area contributed by atoms with E-state index in [-0.39, 0.29) is 5.91 Å². The molecule has 2 bridgehead atoms. The monoisotopic (exact) mass is 269 g/mol. The molecule has 0 spiro atoms. The van der Waals surface area contributed by atoms with E-state index in [1.165, 1.54) is 56.1 Å². The van der Waals surface area contributed by atoms with E-state index in [9.17, 15) is 4.79 Å². The Kier molecular flexibility index (Phi) is 3.05. The van der Waals surface area contributed by atoms with Crippen molar-refractivity contribution in [1.82, 2.24) is 0 Å². The van der Waals surface area contributed by atoms with Crippen molar-refractivity contribution in [2.24, 2.45) is 17.8 Å². The number of fused-ring (bicyclic) bond motifs is 3. The van der Waals surface area contributed by atoms with Crippen molar-refractivity contribution in [3.05, 3.63) is 29.3 Å². The van der Waals surface area contributed by atoms with Gasteiger partial charge in [-0.3, -0.25) is 4.79 Å². The third-order valence-electron chi connectivity index (χ3n) is 5.71. The topological polar surface area (TPSA) is 29.1 Å². The number of carbonyl (C=O) groups excluding carboxylic acids is 1. The molecule has 106 valence electrons. The predicted molar refractivity (Wildman–Crippen MR) is 80.7 cm³/mol. The summed E-state index contributed by atoms with van der Waals surface area (Å²) in [6.07, 6.45) is 9.82. The van der Waals surface area contributed by atoms with Gasteiger partial charge in [0.25, 0.3) is 0 Å². The quantitative estimate of drug-likeness (QED) is 0.884. The molecule has 0 unspecified atom stereocenters. The number of anilines is 1. The fourth-order valence-corrected chi connectivity index (χ4v) is 4.73. The zero-order chi connectivity index (χ0) is 13.5. The van der Waals surface area contributed by atoms with Gasteiger partial charge in [-0.05, 0) is 79.5 Å². The molecule has 3 aliphatic rings. The van der Waals surface area contributed by atoms with E-state index in [0.29, 0.717) is 5.92 Å². The van der Waals surface area contributed by atoms with Crippen LogP contribution in [0, 0.1) is 17.8 Å². The van der Waals surface area contributed by atoms with Crippen LogP contribution in [0.1, 0.15) is 49.7 Å². The van der Waals surface area contributed by atoms with Gasteiger partial charge < -0.3 is 5.32 Å². The third kappa shape index (κ3) is 2.25. The van der Waals surface area contributed by atoms with Gasteiger partial charge in [-0.25, -0.2) is 0 Å². The average molecular weight is 269 g/mol. The Morgan fingerprint density at radius 2 is 2.05 bits per heavy atom. The Morgan fingerprint density at radius 1 is 1.15 bits per heavy atom. The summed E-state index contributed by atoms with van der Waals surface area (Å²) in [6.45, 7) is 0. The minimum Gasteiger partial charge on any atom is -0.326 e. The van der Waals surface area contributed by atoms with Crippen LogP contribution in [-0.4, -0.2) is 5.91 Å². The maximum absolute atomic E-state index is 12.2. The van der Waals surface area contributed by atoms with Crippen LogP contribution < -0.4 is 5.32 Å². The zero-order valence-corrected chi connectivity index (χ0v) is 12.0. The number of amides is 1. The van der Waals surface area contributed by atoms with E-state index < -0.39 is 0 Å². The molecule has 3 atom stereocenters. The molecule has 1 N–H and O–H groups in total. The first kappa shape index (κ1) is 12.4. The number of hydrogen-bond donors (Lipinski definition) is 1. The first-order valence-corrected chi connectivity index (χ1v) is 8.19. The highest BCUT2D eigenvalue weighted by Crippen LogP contribution is 2.49. The number of nitrogens with one attached hydrogen (secondary N) is 1. The summed E-state index contributed by atoms with van der Waals surface area (Å²) >= 11 is 0. The van der Waals surface area contributed by atoms with Crippen LogP contribution in [0.5, 0.6) is 0 Å². The molecule has 0 heterocycles. The first-order valence-electron chi connectivity index (χ1n) is 8.19. The maximum atomic E-state index is 12.2. The van der Waals surface area contributed by atoms with Crippen LogP contribution in [0.3, 0.4) is 0 Å². The summed E-state index contributed by atoms with van der Waals surface area (Å²) in [7, 11) is 0. The largest absolute Gasteiger partial charge is 0.326 e. The summed E-state index contributed by atoms with van der Waals surface area (Å²) in [5, 5.41) is 3.12. The average Bonchev–Trinajstić information content (AvgIpc) is 3.13. The summed E-state index contributed by atoms with van der Waals surface area (Å²) in [4.78, 5) is 12.2. The van der Waals surface area contributed by atoms with E-state index in [4.69, 9.17) is 0 Å². The number of aryl methyl sites for hydroxylation is 2. The number of carbonyl (C=O) groups is 1. The highest BCUT2D eigenvalue weighted by molar-refractivity contribution is 5.91. The molecule has 0 saturated heterocycles. The van der Waals surface area contributed by atoms with Crippen LogP contribution in [0.25, 0.3) is 0 Å². The van der Waals surface area contributed by atoms with Crippen molar-refractivity contribution >= 4 is 11.6 Å². The maximum Gasteiger partial charge on any atom is 0.224 e. The van der Waals surface area contributed by atoms with Gasteiger partial charge in [-0.1, -0.05) is 12.5 Å². The Hall–Kier alpha value is -1.31. The summed E-state index contributed by atoms with van der Waals surface area (Å²) < 4.78 is 0. The molecule has 1 amide bonds. The molecule has 0 aromatic heterocycles. The molecule has 4 rings (SSSR count). The van der Waals surface area contributed by atoms with Crippen molar-refractivity contribution in [3.8, 4) is 0 Å². The summed E-state index contributed by atoms with van der Waals surface area (Å²) in [5.74, 6) is 2.65. The lowest BCUT2D eigenvalue weighted by Gasteiger charge is -2.21. The summed E-state index contributed by atoms with van der Waals surface area (Å²) in [6, 6.07) is 6.44. The van der Waals surface area contributed by atoms with Crippen LogP contribution >= 0.6 is 0 Å². The number of benzene rings is 1. The van der Waals surface area contributed by atoms with Gasteiger partial charge >= 0.3 is 0 Å². The van der Waals surface area contributed by atoms with Gasteiger partial charge in [0.15, 0.2) is 0 Å². The van der Waals surface area contributed by atoms with E-state index in [0.717, 1.165) is 23.9 Å². The highest BCUT2D eigenvalue weighted by Gasteiger charge is 2.40. The Bertz CT molecular complexity index is 536. The second kappa shape index (κ2) is 4.91. The van der Waals surface area contributed by atoms with Gasteiger partial charge in [-0.2, -0.15) is 0 Å². The minimum absolute atomic E-state index is 0.223. The molecule has 1 aromatic rings. The van der Waals surface area contributed by atoms with E-state index in [1.54, 1.807) is 0 Å². The van der Waals surface area contributed by atoms with E-state index in [2.05, 4.69) is 23.5 Å². The van der Waals surface area contributed by atoms with Gasteiger partial charge in [0.2, 0.25) is 5.91 Å². The lowest BCUT2D eigenvalue weighted by atomic mass is 9.86. The standard InChI is InChI=1S/C18H23NO/c20-18(11-16-9-12-4-5-15(16)8-12)19-17-7-6-13-2-1-3-14(13)10-17/h6-7,10,12,15-16H,1-5,8-9,11H2,(H,19,20)/t12-,15+,16-/m0/s1. The fourth-order valence-electron chi connectivity index (χ4n) is 4.73. The Balaban J connectivity index is 1.38. The molecule has 3 aliphatic carbocycles. The van der Waals surface area contributed by atoms with Crippen molar-refractivity contribution in [3.63, 3.8) is 0 Å². The fraction of sp³-hybridized carbons (Fsp3) is 0.611. The van der Waals surface area contributed by atoms with Crippen molar-refractivity contribution in [2.75, 3.05) is 5.32 Å². The van der Waals surface area contributed by atoms with E-state index >= 15 is 0 Å². The third-order valence-corrected chi connectivity index (χ3v) is 5.71. The van der Waals surface area contributed by atoms with Crippen LogP contribution in [0.4, 0.5) is 5.69 Å². The van der Waals surface area contributed by atoms with Crippen molar-refractivity contribution in [2.45, 2.75) is 51.4 Å². The Labute approximate surface area is 121 Å². The molecule has 2 fully saturated rings. The smallest absolute Gasteiger partial charge is 0.224 e. The molecule has 2 heteroatoms. The normalized spacial score (nSPS) is 30.5. The molecule has 0 radical (unpaired) electrons. The molecule has 1 aromatic carbocycles. The highest BCUT2D eigenvalue weighted by atomic mass is 16.1. The van der Waals surface area contributed by atoms with E-state index in [1.807, 2.05) is 0 Å². The first-order chi connectivity index (χ1) is 9.78. The lowest BCUT2D eigenvalue weighted by molar-refractivity contribution is -0.117. The predicted octanol–water partition coefficient (Wildman–Crippen LogP) is 3.94. The van der Waals surface area contributed by atoms with Gasteiger partial charge in [0, 0.05) is 12.1 Å². The van der Waals surface area contributed by atoms with Crippen molar-refractivity contribution < 1.29 is 4.79 Å². The molecule has 0 aliphatic heterocycles. The molecule has 2 nitrogen and oxygen atoms in total. The molecule has 20 heavy (non-hydrogen) atoms. The lowest BCUT2D eigenvalue weighted by Crippen LogP contribution is -2.20. The van der Waals surface area contributed by atoms with Crippen LogP contribution in [-0.2, 0) is 17.6 Å². The van der Waals surface area contributed by atoms with Gasteiger partial charge in [0.1, 0.15) is 0 Å².